The molecular weight excluding hydrogens is 450 g/mol. The highest BCUT2D eigenvalue weighted by molar-refractivity contribution is 5.92. The van der Waals surface area contributed by atoms with Crippen LogP contribution in [0.1, 0.15) is 48.9 Å². The minimum atomic E-state index is -1.54. The lowest BCUT2D eigenvalue weighted by atomic mass is 9.85. The van der Waals surface area contributed by atoms with E-state index in [4.69, 9.17) is 19.2 Å². The molecule has 9 heteroatoms. The van der Waals surface area contributed by atoms with E-state index < -0.39 is 11.6 Å². The summed E-state index contributed by atoms with van der Waals surface area (Å²) in [5, 5.41) is 0.908. The molecule has 0 saturated carbocycles. The molecule has 4 heterocycles. The van der Waals surface area contributed by atoms with Crippen LogP contribution < -0.4 is 10.3 Å². The lowest BCUT2D eigenvalue weighted by Crippen LogP contribution is -2.47. The number of rotatable bonds is 7. The SMILES string of the molecule is CCCc1ccc2nc3c(c(OC)c2c1)Cn1c-3cc2c(c1=O)COC(=O)C2(CC)OC[N+](C)=O. The quantitative estimate of drug-likeness (QED) is 0.228. The molecule has 0 fully saturated rings. The monoisotopic (exact) mass is 478 g/mol. The largest absolute Gasteiger partial charge is 0.496 e. The van der Waals surface area contributed by atoms with Crippen LogP contribution in [0.4, 0.5) is 0 Å². The molecule has 0 radical (unpaired) electrons. The Morgan fingerprint density at radius 3 is 2.69 bits per heavy atom. The summed E-state index contributed by atoms with van der Waals surface area (Å²) in [6, 6.07) is 7.93. The second-order valence-corrected chi connectivity index (χ2v) is 9.04. The molecule has 0 amide bonds. The Hall–Kier alpha value is -3.59. The summed E-state index contributed by atoms with van der Waals surface area (Å²) >= 11 is 0. The van der Waals surface area contributed by atoms with Crippen molar-refractivity contribution in [2.75, 3.05) is 20.9 Å². The topological polar surface area (TPSA) is 99.7 Å². The third-order valence-electron chi connectivity index (χ3n) is 6.90. The van der Waals surface area contributed by atoms with Crippen LogP contribution in [-0.4, -0.2) is 41.2 Å². The van der Waals surface area contributed by atoms with Crippen LogP contribution in [0.3, 0.4) is 0 Å². The molecule has 2 aromatic heterocycles. The van der Waals surface area contributed by atoms with Gasteiger partial charge in [0.05, 0.1) is 36.1 Å². The van der Waals surface area contributed by atoms with Gasteiger partial charge in [0.2, 0.25) is 0 Å². The number of carbonyl (C=O) groups excluding carboxylic acids is 1. The van der Waals surface area contributed by atoms with Crippen LogP contribution in [0.5, 0.6) is 5.75 Å². The average molecular weight is 479 g/mol. The number of ether oxygens (including phenoxy) is 3. The van der Waals surface area contributed by atoms with Gasteiger partial charge in [-0.05, 0) is 36.6 Å². The van der Waals surface area contributed by atoms with Crippen molar-refractivity contribution in [3.8, 4) is 17.1 Å². The van der Waals surface area contributed by atoms with Gasteiger partial charge in [0.15, 0.2) is 12.6 Å². The summed E-state index contributed by atoms with van der Waals surface area (Å²) in [6.07, 6.45) is 2.19. The van der Waals surface area contributed by atoms with Gasteiger partial charge in [-0.2, -0.15) is 0 Å². The van der Waals surface area contributed by atoms with Crippen molar-refractivity contribution in [3.63, 3.8) is 0 Å². The van der Waals surface area contributed by atoms with Crippen LogP contribution in [0, 0.1) is 4.91 Å². The van der Waals surface area contributed by atoms with Gasteiger partial charge in [-0.3, -0.25) is 9.53 Å². The highest BCUT2D eigenvalue weighted by atomic mass is 16.6. The maximum absolute atomic E-state index is 13.6. The van der Waals surface area contributed by atoms with Crippen molar-refractivity contribution in [2.45, 2.75) is 51.9 Å². The van der Waals surface area contributed by atoms with Crippen molar-refractivity contribution in [3.05, 3.63) is 61.8 Å². The summed E-state index contributed by atoms with van der Waals surface area (Å²) in [5.41, 5.74) is 3.00. The van der Waals surface area contributed by atoms with E-state index in [0.717, 1.165) is 29.3 Å². The van der Waals surface area contributed by atoms with Gasteiger partial charge in [-0.1, -0.05) is 26.3 Å². The molecule has 9 nitrogen and oxygen atoms in total. The number of pyridine rings is 2. The van der Waals surface area contributed by atoms with Crippen molar-refractivity contribution in [2.24, 2.45) is 0 Å². The van der Waals surface area contributed by atoms with E-state index in [1.165, 1.54) is 12.6 Å². The Balaban J connectivity index is 1.74. The number of aryl methyl sites for hydroxylation is 1. The number of hydrogen-bond donors (Lipinski definition) is 0. The summed E-state index contributed by atoms with van der Waals surface area (Å²) in [6.45, 7) is 3.72. The number of hydrogen-bond acceptors (Lipinski definition) is 7. The average Bonchev–Trinajstić information content (AvgIpc) is 3.21. The van der Waals surface area contributed by atoms with E-state index in [-0.39, 0.29) is 25.3 Å². The number of methoxy groups -OCH3 is 1. The van der Waals surface area contributed by atoms with E-state index in [9.17, 15) is 14.5 Å². The second kappa shape index (κ2) is 8.57. The van der Waals surface area contributed by atoms with Crippen LogP contribution >= 0.6 is 0 Å². The van der Waals surface area contributed by atoms with Gasteiger partial charge in [0, 0.05) is 26.2 Å². The van der Waals surface area contributed by atoms with Crippen molar-refractivity contribution < 1.29 is 23.8 Å². The first kappa shape index (κ1) is 23.2. The second-order valence-electron chi connectivity index (χ2n) is 9.04. The van der Waals surface area contributed by atoms with Gasteiger partial charge in [-0.15, -0.1) is 0 Å². The third-order valence-corrected chi connectivity index (χ3v) is 6.90. The van der Waals surface area contributed by atoms with Gasteiger partial charge in [0.1, 0.15) is 12.4 Å². The molecule has 1 unspecified atom stereocenters. The molecule has 35 heavy (non-hydrogen) atoms. The fourth-order valence-electron chi connectivity index (χ4n) is 5.20. The predicted octanol–water partition coefficient (Wildman–Crippen LogP) is 3.43. The molecule has 1 aromatic carbocycles. The Labute approximate surface area is 202 Å². The minimum absolute atomic E-state index is 0.144. The molecule has 0 spiro atoms. The van der Waals surface area contributed by atoms with Crippen LogP contribution in [0.25, 0.3) is 22.3 Å². The van der Waals surface area contributed by atoms with Crippen LogP contribution in [0.15, 0.2) is 29.1 Å². The molecule has 0 N–H and O–H groups in total. The molecule has 182 valence electrons. The maximum Gasteiger partial charge on any atom is 0.343 e. The smallest absolute Gasteiger partial charge is 0.343 e. The molecule has 3 aromatic rings. The Kier molecular flexibility index (Phi) is 5.67. The van der Waals surface area contributed by atoms with Crippen LogP contribution in [0.2, 0.25) is 0 Å². The van der Waals surface area contributed by atoms with Gasteiger partial charge in [-0.25, -0.2) is 9.78 Å². The first-order valence-electron chi connectivity index (χ1n) is 11.8. The third kappa shape index (κ3) is 3.44. The predicted molar refractivity (Wildman–Crippen MR) is 128 cm³/mol. The molecule has 1 atom stereocenters. The lowest BCUT2D eigenvalue weighted by molar-refractivity contribution is -0.568. The first-order chi connectivity index (χ1) is 16.8. The number of esters is 1. The Morgan fingerprint density at radius 2 is 2.00 bits per heavy atom. The molecule has 0 bridgehead atoms. The van der Waals surface area contributed by atoms with E-state index in [0.29, 0.717) is 39.6 Å². The number of carbonyl (C=O) groups is 1. The summed E-state index contributed by atoms with van der Waals surface area (Å²) in [7, 11) is 2.93. The minimum Gasteiger partial charge on any atom is -0.496 e. The van der Waals surface area contributed by atoms with Gasteiger partial charge in [0.25, 0.3) is 12.3 Å². The molecule has 0 aliphatic carbocycles. The number of nitroso groups, excluding NO2 is 1. The zero-order chi connectivity index (χ0) is 24.9. The number of cyclic esters (lactones) is 1. The fraction of sp³-hybridized carbons (Fsp3) is 0.423. The molecule has 0 saturated heterocycles. The number of nitrogens with zero attached hydrogens (tertiary/aromatic N) is 3. The zero-order valence-electron chi connectivity index (χ0n) is 20.3. The highest BCUT2D eigenvalue weighted by Crippen LogP contribution is 2.43. The van der Waals surface area contributed by atoms with Crippen molar-refractivity contribution in [1.29, 1.82) is 0 Å². The summed E-state index contributed by atoms with van der Waals surface area (Å²) in [5.74, 6) is 0.0896. The van der Waals surface area contributed by atoms with E-state index in [1.54, 1.807) is 24.7 Å². The Bertz CT molecular complexity index is 1440. The molecule has 2 aliphatic rings. The normalized spacial score (nSPS) is 18.1. The maximum atomic E-state index is 13.6. The van der Waals surface area contributed by atoms with Gasteiger partial charge < -0.3 is 14.0 Å². The highest BCUT2D eigenvalue weighted by Gasteiger charge is 2.49. The lowest BCUT2D eigenvalue weighted by Gasteiger charge is -2.34. The van der Waals surface area contributed by atoms with E-state index in [2.05, 4.69) is 19.1 Å². The van der Waals surface area contributed by atoms with Gasteiger partial charge >= 0.3 is 5.97 Å². The molecule has 5 rings (SSSR count). The van der Waals surface area contributed by atoms with E-state index >= 15 is 0 Å². The summed E-state index contributed by atoms with van der Waals surface area (Å²) in [4.78, 5) is 43.1. The standard InChI is InChI=1S/C26H28N3O6/c1-5-7-15-8-9-20-16(10-15)23(33-4)17-12-29-21(22(17)27-20)11-19-18(24(29)30)13-34-25(31)26(19,6-2)35-14-28(3)32/h8-11H,5-7,12-14H2,1-4H3/q+1. The zero-order valence-corrected chi connectivity index (χ0v) is 20.3. The van der Waals surface area contributed by atoms with Crippen LogP contribution in [-0.2, 0) is 39.4 Å². The van der Waals surface area contributed by atoms with E-state index in [1.807, 2.05) is 6.07 Å². The molecular formula is C26H28N3O6+. The number of fused-ring (bicyclic) bond motifs is 5. The number of aromatic nitrogens is 2. The fourth-order valence-corrected chi connectivity index (χ4v) is 5.20. The summed E-state index contributed by atoms with van der Waals surface area (Å²) < 4.78 is 19.3. The van der Waals surface area contributed by atoms with Crippen molar-refractivity contribution in [1.82, 2.24) is 9.55 Å². The number of benzene rings is 1. The Morgan fingerprint density at radius 1 is 1.20 bits per heavy atom. The first-order valence-corrected chi connectivity index (χ1v) is 11.8. The van der Waals surface area contributed by atoms with Crippen molar-refractivity contribution >= 4 is 16.9 Å². The molecule has 2 aliphatic heterocycles.